The molecule has 0 N–H and O–H groups in total. The highest BCUT2D eigenvalue weighted by atomic mass is 19.1. The van der Waals surface area contributed by atoms with Crippen LogP contribution in [0.3, 0.4) is 0 Å². The van der Waals surface area contributed by atoms with Gasteiger partial charge in [-0.1, -0.05) is 42.5 Å². The maximum absolute atomic E-state index is 13.9. The van der Waals surface area contributed by atoms with E-state index in [1.54, 1.807) is 18.2 Å². The molecule has 5 heteroatoms. The molecule has 2 heterocycles. The number of carbonyl (C=O) groups is 2. The molecule has 2 aliphatic heterocycles. The molecule has 5 rings (SSSR count). The molecule has 0 spiro atoms. The van der Waals surface area contributed by atoms with E-state index in [1.165, 1.54) is 17.0 Å². The van der Waals surface area contributed by atoms with Gasteiger partial charge in [-0.25, -0.2) is 9.29 Å². The molecule has 0 bridgehead atoms. The van der Waals surface area contributed by atoms with Gasteiger partial charge in [0.15, 0.2) is 0 Å². The number of amides is 2. The summed E-state index contributed by atoms with van der Waals surface area (Å²) in [6.45, 7) is 4.51. The first-order valence-electron chi connectivity index (χ1n) is 10.8. The van der Waals surface area contributed by atoms with Crippen molar-refractivity contribution < 1.29 is 14.0 Å². The predicted molar refractivity (Wildman–Crippen MR) is 124 cm³/mol. The molecule has 0 fully saturated rings. The minimum absolute atomic E-state index is 0.313. The topological polar surface area (TPSA) is 40.6 Å². The maximum Gasteiger partial charge on any atom is 0.282 e. The monoisotopic (exact) mass is 426 g/mol. The van der Waals surface area contributed by atoms with E-state index in [9.17, 15) is 14.0 Å². The Hall–Kier alpha value is -3.73. The van der Waals surface area contributed by atoms with Gasteiger partial charge in [0.1, 0.15) is 11.5 Å². The molecule has 0 unspecified atom stereocenters. The fourth-order valence-corrected chi connectivity index (χ4v) is 4.61. The van der Waals surface area contributed by atoms with E-state index >= 15 is 0 Å². The van der Waals surface area contributed by atoms with Gasteiger partial charge in [0, 0.05) is 12.2 Å². The van der Waals surface area contributed by atoms with Crippen molar-refractivity contribution in [2.24, 2.45) is 0 Å². The average Bonchev–Trinajstić information content (AvgIpc) is 3.06. The predicted octanol–water partition coefficient (Wildman–Crippen LogP) is 5.18. The van der Waals surface area contributed by atoms with Crippen LogP contribution >= 0.6 is 0 Å². The van der Waals surface area contributed by atoms with E-state index in [-0.39, 0.29) is 17.6 Å². The molecular weight excluding hydrogens is 403 g/mol. The highest BCUT2D eigenvalue weighted by Gasteiger charge is 2.44. The van der Waals surface area contributed by atoms with Crippen LogP contribution < -0.4 is 9.80 Å². The molecule has 3 aromatic rings. The second-order valence-electron chi connectivity index (χ2n) is 8.28. The molecule has 0 radical (unpaired) electrons. The zero-order valence-corrected chi connectivity index (χ0v) is 18.1. The third kappa shape index (κ3) is 3.12. The van der Waals surface area contributed by atoms with E-state index in [0.29, 0.717) is 29.1 Å². The molecule has 32 heavy (non-hydrogen) atoms. The van der Waals surface area contributed by atoms with Crippen molar-refractivity contribution in [2.45, 2.75) is 26.7 Å². The first kappa shape index (κ1) is 20.2. The zero-order chi connectivity index (χ0) is 22.4. The van der Waals surface area contributed by atoms with Crippen LogP contribution in [0.5, 0.6) is 0 Å². The molecule has 0 aliphatic carbocycles. The van der Waals surface area contributed by atoms with Gasteiger partial charge in [0.25, 0.3) is 11.8 Å². The van der Waals surface area contributed by atoms with Gasteiger partial charge in [-0.15, -0.1) is 0 Å². The fourth-order valence-electron chi connectivity index (χ4n) is 4.61. The van der Waals surface area contributed by atoms with Crippen molar-refractivity contribution in [3.8, 4) is 0 Å². The lowest BCUT2D eigenvalue weighted by molar-refractivity contribution is -0.120. The molecule has 3 aromatic carbocycles. The van der Waals surface area contributed by atoms with E-state index in [2.05, 4.69) is 6.07 Å². The fraction of sp³-hybridized carbons (Fsp3) is 0.185. The second-order valence-corrected chi connectivity index (χ2v) is 8.28. The summed E-state index contributed by atoms with van der Waals surface area (Å²) in [6.07, 6.45) is 1.80. The van der Waals surface area contributed by atoms with E-state index < -0.39 is 0 Å². The molecule has 0 atom stereocenters. The zero-order valence-electron chi connectivity index (χ0n) is 18.1. The van der Waals surface area contributed by atoms with Crippen LogP contribution in [0.4, 0.5) is 15.8 Å². The number of hydrogen-bond donors (Lipinski definition) is 0. The summed E-state index contributed by atoms with van der Waals surface area (Å²) in [5.41, 5.74) is 5.77. The number of nitrogens with zero attached hydrogens (tertiary/aromatic N) is 2. The van der Waals surface area contributed by atoms with Crippen molar-refractivity contribution in [2.75, 3.05) is 16.3 Å². The molecular formula is C27H23FN2O2. The lowest BCUT2D eigenvalue weighted by atomic mass is 9.98. The largest absolute Gasteiger partial charge is 0.336 e. The summed E-state index contributed by atoms with van der Waals surface area (Å²) < 4.78 is 13.6. The molecule has 2 aliphatic rings. The Bertz CT molecular complexity index is 1280. The number of halogens is 1. The Labute approximate surface area is 186 Å². The normalized spacial score (nSPS) is 16.1. The Kier molecular flexibility index (Phi) is 4.89. The van der Waals surface area contributed by atoms with Crippen molar-refractivity contribution in [1.29, 1.82) is 0 Å². The van der Waals surface area contributed by atoms with E-state index in [1.807, 2.05) is 49.1 Å². The minimum atomic E-state index is -0.387. The highest BCUT2D eigenvalue weighted by Crippen LogP contribution is 2.40. The summed E-state index contributed by atoms with van der Waals surface area (Å²) in [6, 6.07) is 19.4. The summed E-state index contributed by atoms with van der Waals surface area (Å²) in [5, 5.41) is 0. The summed E-state index contributed by atoms with van der Waals surface area (Å²) in [5.74, 6) is -1.12. The molecule has 2 amide bonds. The minimum Gasteiger partial charge on any atom is -0.336 e. The molecule has 0 aromatic heterocycles. The quantitative estimate of drug-likeness (QED) is 0.542. The number of imide groups is 1. The van der Waals surface area contributed by atoms with Crippen LogP contribution in [0.2, 0.25) is 0 Å². The van der Waals surface area contributed by atoms with Crippen molar-refractivity contribution in [3.05, 3.63) is 100 Å². The number of para-hydroxylation sites is 1. The highest BCUT2D eigenvalue weighted by molar-refractivity contribution is 6.46. The van der Waals surface area contributed by atoms with Crippen LogP contribution in [-0.2, 0) is 16.0 Å². The van der Waals surface area contributed by atoms with Gasteiger partial charge in [-0.2, -0.15) is 0 Å². The standard InChI is InChI=1S/C27H23FN2O2/c1-17-7-5-11-22(18(17)2)30-26(31)24(20-12-14-21(28)15-13-20)25(27(30)32)29-16-6-9-19-8-3-4-10-23(19)29/h3-5,7-8,10-15H,6,9,16H2,1-2H3. The lowest BCUT2D eigenvalue weighted by Crippen LogP contribution is -2.37. The number of anilines is 2. The van der Waals surface area contributed by atoms with Gasteiger partial charge in [0.2, 0.25) is 0 Å². The molecule has 160 valence electrons. The van der Waals surface area contributed by atoms with Gasteiger partial charge in [-0.3, -0.25) is 9.59 Å². The second kappa shape index (κ2) is 7.75. The molecule has 0 saturated heterocycles. The number of rotatable bonds is 3. The Balaban J connectivity index is 1.72. The van der Waals surface area contributed by atoms with Crippen molar-refractivity contribution in [3.63, 3.8) is 0 Å². The number of aryl methyl sites for hydroxylation is 2. The Morgan fingerprint density at radius 3 is 2.31 bits per heavy atom. The Morgan fingerprint density at radius 1 is 0.812 bits per heavy atom. The third-order valence-electron chi connectivity index (χ3n) is 6.39. The summed E-state index contributed by atoms with van der Waals surface area (Å²) in [7, 11) is 0. The molecule has 0 saturated carbocycles. The Morgan fingerprint density at radius 2 is 1.53 bits per heavy atom. The van der Waals surface area contributed by atoms with Crippen LogP contribution in [-0.4, -0.2) is 18.4 Å². The van der Waals surface area contributed by atoms with Crippen LogP contribution in [0.1, 0.15) is 28.7 Å². The van der Waals surface area contributed by atoms with Crippen molar-refractivity contribution >= 4 is 28.8 Å². The van der Waals surface area contributed by atoms with Crippen LogP contribution in [0, 0.1) is 19.7 Å². The lowest BCUT2D eigenvalue weighted by Gasteiger charge is -2.32. The number of fused-ring (bicyclic) bond motifs is 1. The SMILES string of the molecule is Cc1cccc(N2C(=O)C(c3ccc(F)cc3)=C(N3CCCc4ccccc43)C2=O)c1C. The number of hydrogen-bond acceptors (Lipinski definition) is 3. The van der Waals surface area contributed by atoms with Crippen LogP contribution in [0.15, 0.2) is 72.4 Å². The number of benzene rings is 3. The van der Waals surface area contributed by atoms with Crippen molar-refractivity contribution in [1.82, 2.24) is 0 Å². The summed E-state index contributed by atoms with van der Waals surface area (Å²) >= 11 is 0. The first-order chi connectivity index (χ1) is 15.5. The summed E-state index contributed by atoms with van der Waals surface area (Å²) in [4.78, 5) is 30.9. The van der Waals surface area contributed by atoms with Gasteiger partial charge in [0.05, 0.1) is 11.3 Å². The van der Waals surface area contributed by atoms with Crippen LogP contribution in [0.25, 0.3) is 5.57 Å². The van der Waals surface area contributed by atoms with Gasteiger partial charge in [-0.05, 0) is 73.2 Å². The molecule has 4 nitrogen and oxygen atoms in total. The van der Waals surface area contributed by atoms with E-state index in [0.717, 1.165) is 35.2 Å². The average molecular weight is 426 g/mol. The number of carbonyl (C=O) groups excluding carboxylic acids is 2. The smallest absolute Gasteiger partial charge is 0.282 e. The maximum atomic E-state index is 13.9. The van der Waals surface area contributed by atoms with Gasteiger partial charge >= 0.3 is 0 Å². The first-order valence-corrected chi connectivity index (χ1v) is 10.8. The third-order valence-corrected chi connectivity index (χ3v) is 6.39. The van der Waals surface area contributed by atoms with Gasteiger partial charge < -0.3 is 4.90 Å². The van der Waals surface area contributed by atoms with E-state index in [4.69, 9.17) is 0 Å².